The third kappa shape index (κ3) is 4.55. The maximum absolute atomic E-state index is 12.8. The normalized spacial score (nSPS) is 17.6. The lowest BCUT2D eigenvalue weighted by Crippen LogP contribution is -2.46. The molecule has 0 unspecified atom stereocenters. The number of rotatable bonds is 6. The first-order chi connectivity index (χ1) is 13.0. The van der Waals surface area contributed by atoms with Gasteiger partial charge in [0.2, 0.25) is 10.0 Å². The molecule has 1 saturated heterocycles. The van der Waals surface area contributed by atoms with Crippen LogP contribution in [0.2, 0.25) is 0 Å². The summed E-state index contributed by atoms with van der Waals surface area (Å²) in [5, 5.41) is 4.97. The first-order valence-corrected chi connectivity index (χ1v) is 10.1. The Morgan fingerprint density at radius 2 is 1.81 bits per heavy atom. The van der Waals surface area contributed by atoms with Crippen LogP contribution in [-0.2, 0) is 26.2 Å². The maximum atomic E-state index is 12.8. The van der Waals surface area contributed by atoms with Crippen LogP contribution in [0.25, 0.3) is 0 Å². The molecule has 1 fully saturated rings. The predicted octanol–water partition coefficient (Wildman–Crippen LogP) is 0.865. The summed E-state index contributed by atoms with van der Waals surface area (Å²) in [6.45, 7) is 0.582. The molecule has 0 spiro atoms. The van der Waals surface area contributed by atoms with Gasteiger partial charge in [-0.15, -0.1) is 0 Å². The molecule has 3 rings (SSSR count). The van der Waals surface area contributed by atoms with Gasteiger partial charge >= 0.3 is 11.8 Å². The minimum Gasteiger partial charge on any atom is -0.467 e. The third-order valence-electron chi connectivity index (χ3n) is 4.38. The van der Waals surface area contributed by atoms with Crippen LogP contribution in [0, 0.1) is 0 Å². The summed E-state index contributed by atoms with van der Waals surface area (Å²) in [7, 11) is -3.63. The highest BCUT2D eigenvalue weighted by Gasteiger charge is 2.35. The summed E-state index contributed by atoms with van der Waals surface area (Å²) in [5.41, 5.74) is 0. The molecule has 8 nitrogen and oxygen atoms in total. The molecule has 1 atom stereocenters. The van der Waals surface area contributed by atoms with Crippen LogP contribution >= 0.6 is 0 Å². The predicted molar refractivity (Wildman–Crippen MR) is 96.9 cm³/mol. The van der Waals surface area contributed by atoms with Crippen molar-refractivity contribution in [2.75, 3.05) is 13.1 Å². The fraction of sp³-hybridized carbons (Fsp3) is 0.333. The Morgan fingerprint density at radius 3 is 2.52 bits per heavy atom. The molecule has 2 aromatic rings. The first kappa shape index (κ1) is 19.1. The van der Waals surface area contributed by atoms with Crippen molar-refractivity contribution in [2.24, 2.45) is 0 Å². The maximum Gasteiger partial charge on any atom is 0.309 e. The Kier molecular flexibility index (Phi) is 5.92. The van der Waals surface area contributed by atoms with Gasteiger partial charge in [0.15, 0.2) is 0 Å². The SMILES string of the molecule is O=C(NCc1ccco1)C(=O)NC[C@@H]1CCCN1S(=O)(=O)c1ccccc1. The molecule has 9 heteroatoms. The van der Waals surface area contributed by atoms with Crippen molar-refractivity contribution >= 4 is 21.8 Å². The number of amides is 2. The number of benzene rings is 1. The van der Waals surface area contributed by atoms with Gasteiger partial charge in [-0.2, -0.15) is 4.31 Å². The number of nitrogens with zero attached hydrogens (tertiary/aromatic N) is 1. The van der Waals surface area contributed by atoms with E-state index in [1.54, 1.807) is 42.5 Å². The zero-order chi connectivity index (χ0) is 19.3. The molecular formula is C18H21N3O5S. The molecule has 0 bridgehead atoms. The van der Waals surface area contributed by atoms with E-state index in [4.69, 9.17) is 4.42 Å². The number of sulfonamides is 1. The Hall–Kier alpha value is -2.65. The topological polar surface area (TPSA) is 109 Å². The number of hydrogen-bond acceptors (Lipinski definition) is 5. The molecule has 144 valence electrons. The molecule has 0 radical (unpaired) electrons. The van der Waals surface area contributed by atoms with Crippen LogP contribution in [-0.4, -0.2) is 43.7 Å². The molecule has 1 aliphatic rings. The van der Waals surface area contributed by atoms with Crippen molar-refractivity contribution in [3.8, 4) is 0 Å². The largest absolute Gasteiger partial charge is 0.467 e. The molecule has 27 heavy (non-hydrogen) atoms. The van der Waals surface area contributed by atoms with Crippen molar-refractivity contribution < 1.29 is 22.4 Å². The van der Waals surface area contributed by atoms with Crippen LogP contribution in [0.15, 0.2) is 58.0 Å². The van der Waals surface area contributed by atoms with E-state index in [-0.39, 0.29) is 24.0 Å². The monoisotopic (exact) mass is 391 g/mol. The summed E-state index contributed by atoms with van der Waals surface area (Å²) in [4.78, 5) is 24.0. The van der Waals surface area contributed by atoms with Gasteiger partial charge in [-0.05, 0) is 37.1 Å². The van der Waals surface area contributed by atoms with Gasteiger partial charge in [0, 0.05) is 19.1 Å². The van der Waals surface area contributed by atoms with Crippen molar-refractivity contribution in [3.05, 3.63) is 54.5 Å². The van der Waals surface area contributed by atoms with E-state index in [9.17, 15) is 18.0 Å². The van der Waals surface area contributed by atoms with Gasteiger partial charge in [0.25, 0.3) is 0 Å². The van der Waals surface area contributed by atoms with E-state index in [0.717, 1.165) is 0 Å². The van der Waals surface area contributed by atoms with Gasteiger partial charge in [-0.25, -0.2) is 8.42 Å². The van der Waals surface area contributed by atoms with Crippen LogP contribution in [0.1, 0.15) is 18.6 Å². The number of furan rings is 1. The smallest absolute Gasteiger partial charge is 0.309 e. The van der Waals surface area contributed by atoms with E-state index in [0.29, 0.717) is 25.1 Å². The Labute approximate surface area is 157 Å². The highest BCUT2D eigenvalue weighted by Crippen LogP contribution is 2.25. The minimum atomic E-state index is -3.63. The molecule has 1 aromatic carbocycles. The molecule has 2 amide bonds. The lowest BCUT2D eigenvalue weighted by molar-refractivity contribution is -0.139. The Morgan fingerprint density at radius 1 is 1.07 bits per heavy atom. The summed E-state index contributed by atoms with van der Waals surface area (Å²) in [6, 6.07) is 11.2. The number of carbonyl (C=O) groups excluding carboxylic acids is 2. The van der Waals surface area contributed by atoms with Crippen molar-refractivity contribution in [2.45, 2.75) is 30.3 Å². The zero-order valence-electron chi connectivity index (χ0n) is 14.6. The van der Waals surface area contributed by atoms with Crippen LogP contribution in [0.3, 0.4) is 0 Å². The second kappa shape index (κ2) is 8.36. The average molecular weight is 391 g/mol. The second-order valence-corrected chi connectivity index (χ2v) is 8.09. The molecule has 2 N–H and O–H groups in total. The molecule has 2 heterocycles. The number of nitrogens with one attached hydrogen (secondary N) is 2. The fourth-order valence-corrected chi connectivity index (χ4v) is 4.72. The van der Waals surface area contributed by atoms with Gasteiger partial charge in [0.05, 0.1) is 17.7 Å². The first-order valence-electron chi connectivity index (χ1n) is 8.64. The molecule has 1 aromatic heterocycles. The van der Waals surface area contributed by atoms with E-state index in [2.05, 4.69) is 10.6 Å². The standard InChI is InChI=1S/C18H21N3O5S/c22-17(18(23)20-13-15-7-5-11-26-15)19-12-14-6-4-10-21(14)27(24,25)16-8-2-1-3-9-16/h1-3,5,7-9,11,14H,4,6,10,12-13H2,(H,19,22)(H,20,23)/t14-/m0/s1. The summed E-state index contributed by atoms with van der Waals surface area (Å²) in [6.07, 6.45) is 2.81. The molecule has 1 aliphatic heterocycles. The molecular weight excluding hydrogens is 370 g/mol. The highest BCUT2D eigenvalue weighted by atomic mass is 32.2. The van der Waals surface area contributed by atoms with E-state index < -0.39 is 21.8 Å². The Balaban J connectivity index is 1.55. The lowest BCUT2D eigenvalue weighted by Gasteiger charge is -2.24. The zero-order valence-corrected chi connectivity index (χ0v) is 15.4. The molecule has 0 aliphatic carbocycles. The number of carbonyl (C=O) groups is 2. The van der Waals surface area contributed by atoms with Gasteiger partial charge < -0.3 is 15.1 Å². The van der Waals surface area contributed by atoms with E-state index >= 15 is 0 Å². The van der Waals surface area contributed by atoms with Crippen LogP contribution in [0.5, 0.6) is 0 Å². The average Bonchev–Trinajstić information content (AvgIpc) is 3.36. The quantitative estimate of drug-likeness (QED) is 0.710. The summed E-state index contributed by atoms with van der Waals surface area (Å²) in [5.74, 6) is -1.06. The highest BCUT2D eigenvalue weighted by molar-refractivity contribution is 7.89. The van der Waals surface area contributed by atoms with E-state index in [1.807, 2.05) is 0 Å². The van der Waals surface area contributed by atoms with Crippen molar-refractivity contribution in [1.82, 2.24) is 14.9 Å². The van der Waals surface area contributed by atoms with Crippen molar-refractivity contribution in [1.29, 1.82) is 0 Å². The second-order valence-electron chi connectivity index (χ2n) is 6.20. The van der Waals surface area contributed by atoms with Crippen molar-refractivity contribution in [3.63, 3.8) is 0 Å². The van der Waals surface area contributed by atoms with E-state index in [1.165, 1.54) is 10.6 Å². The van der Waals surface area contributed by atoms with Gasteiger partial charge in [-0.1, -0.05) is 18.2 Å². The van der Waals surface area contributed by atoms with Gasteiger partial charge in [-0.3, -0.25) is 9.59 Å². The minimum absolute atomic E-state index is 0.0824. The third-order valence-corrected chi connectivity index (χ3v) is 6.35. The Bertz CT molecular complexity index is 881. The number of hydrogen-bond donors (Lipinski definition) is 2. The summed E-state index contributed by atoms with van der Waals surface area (Å²) < 4.78 is 32.0. The summed E-state index contributed by atoms with van der Waals surface area (Å²) >= 11 is 0. The van der Waals surface area contributed by atoms with Gasteiger partial charge in [0.1, 0.15) is 5.76 Å². The van der Waals surface area contributed by atoms with Crippen LogP contribution in [0.4, 0.5) is 0 Å². The molecule has 0 saturated carbocycles. The lowest BCUT2D eigenvalue weighted by atomic mass is 10.2. The van der Waals surface area contributed by atoms with Crippen LogP contribution < -0.4 is 10.6 Å². The fourth-order valence-electron chi connectivity index (χ4n) is 3.01.